The highest BCUT2D eigenvalue weighted by molar-refractivity contribution is 7.89. The summed E-state index contributed by atoms with van der Waals surface area (Å²) in [5.74, 6) is -0.905. The molecule has 27 heavy (non-hydrogen) atoms. The summed E-state index contributed by atoms with van der Waals surface area (Å²) in [7, 11) is -0.288. The second kappa shape index (κ2) is 7.78. The molecule has 0 heterocycles. The Morgan fingerprint density at radius 1 is 1.04 bits per heavy atom. The van der Waals surface area contributed by atoms with Crippen molar-refractivity contribution in [1.29, 1.82) is 0 Å². The molecule has 1 aliphatic rings. The first-order valence-electron chi connectivity index (χ1n) is 8.82. The van der Waals surface area contributed by atoms with Gasteiger partial charge in [0.15, 0.2) is 0 Å². The first-order valence-corrected chi connectivity index (χ1v) is 10.3. The molecule has 1 aliphatic carbocycles. The van der Waals surface area contributed by atoms with Gasteiger partial charge < -0.3 is 4.90 Å². The lowest BCUT2D eigenvalue weighted by Gasteiger charge is -2.22. The van der Waals surface area contributed by atoms with Crippen LogP contribution in [-0.4, -0.2) is 39.4 Å². The molecule has 144 valence electrons. The lowest BCUT2D eigenvalue weighted by atomic mass is 9.88. The number of nitrogens with zero attached hydrogens (tertiary/aromatic N) is 1. The molecule has 0 aromatic heterocycles. The van der Waals surface area contributed by atoms with Crippen molar-refractivity contribution in [2.24, 2.45) is 5.92 Å². The van der Waals surface area contributed by atoms with Crippen LogP contribution in [0.4, 0.5) is 4.39 Å². The van der Waals surface area contributed by atoms with Gasteiger partial charge in [0.05, 0.1) is 4.90 Å². The van der Waals surface area contributed by atoms with Crippen molar-refractivity contribution in [3.05, 3.63) is 66.0 Å². The number of carbonyl (C=O) groups is 1. The Balaban J connectivity index is 1.84. The van der Waals surface area contributed by atoms with Crippen LogP contribution in [0.1, 0.15) is 24.3 Å². The molecule has 0 radical (unpaired) electrons. The van der Waals surface area contributed by atoms with E-state index in [-0.39, 0.29) is 34.5 Å². The van der Waals surface area contributed by atoms with Crippen LogP contribution in [0.25, 0.3) is 0 Å². The first-order chi connectivity index (χ1) is 12.8. The monoisotopic (exact) mass is 390 g/mol. The van der Waals surface area contributed by atoms with Gasteiger partial charge in [-0.2, -0.15) is 0 Å². The molecule has 3 rings (SSSR count). The average molecular weight is 390 g/mol. The summed E-state index contributed by atoms with van der Waals surface area (Å²) >= 11 is 0. The fraction of sp³-hybridized carbons (Fsp3) is 0.350. The van der Waals surface area contributed by atoms with Gasteiger partial charge in [-0.3, -0.25) is 4.79 Å². The molecule has 5 nitrogen and oxygen atoms in total. The predicted octanol–water partition coefficient (Wildman–Crippen LogP) is 2.75. The molecule has 1 fully saturated rings. The van der Waals surface area contributed by atoms with Crippen molar-refractivity contribution in [2.75, 3.05) is 14.1 Å². The largest absolute Gasteiger partial charge is 0.349 e. The molecule has 0 spiro atoms. The van der Waals surface area contributed by atoms with E-state index in [4.69, 9.17) is 0 Å². The van der Waals surface area contributed by atoms with E-state index in [1.807, 2.05) is 0 Å². The van der Waals surface area contributed by atoms with Crippen molar-refractivity contribution in [2.45, 2.75) is 29.7 Å². The highest BCUT2D eigenvalue weighted by atomic mass is 32.2. The molecule has 0 bridgehead atoms. The van der Waals surface area contributed by atoms with Crippen LogP contribution in [0.2, 0.25) is 0 Å². The highest BCUT2D eigenvalue weighted by Crippen LogP contribution is 2.41. The quantitative estimate of drug-likeness (QED) is 0.854. The van der Waals surface area contributed by atoms with E-state index in [1.54, 1.807) is 44.4 Å². The van der Waals surface area contributed by atoms with Gasteiger partial charge in [-0.25, -0.2) is 17.5 Å². The van der Waals surface area contributed by atoms with Gasteiger partial charge in [-0.05, 0) is 48.6 Å². The Labute approximate surface area is 159 Å². The molecule has 0 aliphatic heterocycles. The summed E-state index contributed by atoms with van der Waals surface area (Å²) in [6.07, 6.45) is 0.896. The second-order valence-electron chi connectivity index (χ2n) is 7.10. The molecule has 1 saturated carbocycles. The van der Waals surface area contributed by atoms with Crippen molar-refractivity contribution in [3.8, 4) is 0 Å². The van der Waals surface area contributed by atoms with E-state index in [1.165, 1.54) is 29.2 Å². The van der Waals surface area contributed by atoms with Gasteiger partial charge in [0.1, 0.15) is 5.82 Å². The van der Waals surface area contributed by atoms with Crippen LogP contribution >= 0.6 is 0 Å². The van der Waals surface area contributed by atoms with E-state index in [2.05, 4.69) is 4.72 Å². The van der Waals surface area contributed by atoms with Crippen LogP contribution in [0, 0.1) is 11.7 Å². The molecule has 7 heteroatoms. The normalized spacial score (nSPS) is 22.6. The van der Waals surface area contributed by atoms with Crippen LogP contribution in [0.3, 0.4) is 0 Å². The summed E-state index contributed by atoms with van der Waals surface area (Å²) < 4.78 is 41.3. The Morgan fingerprint density at radius 2 is 1.67 bits per heavy atom. The Hall–Kier alpha value is -2.25. The minimum absolute atomic E-state index is 0.0502. The molecule has 1 amide bonds. The number of halogens is 1. The summed E-state index contributed by atoms with van der Waals surface area (Å²) in [4.78, 5) is 14.4. The van der Waals surface area contributed by atoms with Gasteiger partial charge in [0.25, 0.3) is 0 Å². The lowest BCUT2D eigenvalue weighted by molar-refractivity contribution is -0.133. The molecule has 3 atom stereocenters. The zero-order chi connectivity index (χ0) is 19.6. The van der Waals surface area contributed by atoms with Crippen LogP contribution in [-0.2, 0) is 14.8 Å². The summed E-state index contributed by atoms with van der Waals surface area (Å²) in [5, 5.41) is 0. The van der Waals surface area contributed by atoms with Crippen molar-refractivity contribution in [1.82, 2.24) is 9.62 Å². The second-order valence-corrected chi connectivity index (χ2v) is 8.81. The Bertz CT molecular complexity index is 899. The third-order valence-electron chi connectivity index (χ3n) is 4.99. The zero-order valence-electron chi connectivity index (χ0n) is 15.3. The van der Waals surface area contributed by atoms with Crippen LogP contribution < -0.4 is 4.72 Å². The number of amides is 1. The summed E-state index contributed by atoms with van der Waals surface area (Å²) in [6, 6.07) is 13.9. The van der Waals surface area contributed by atoms with Gasteiger partial charge >= 0.3 is 0 Å². The van der Waals surface area contributed by atoms with Crippen molar-refractivity contribution in [3.63, 3.8) is 0 Å². The lowest BCUT2D eigenvalue weighted by Crippen LogP contribution is -2.34. The molecule has 0 saturated heterocycles. The Kier molecular flexibility index (Phi) is 5.62. The number of carbonyl (C=O) groups excluding carboxylic acids is 1. The topological polar surface area (TPSA) is 66.5 Å². The highest BCUT2D eigenvalue weighted by Gasteiger charge is 2.41. The maximum absolute atomic E-state index is 13.3. The van der Waals surface area contributed by atoms with Gasteiger partial charge in [0, 0.05) is 26.1 Å². The van der Waals surface area contributed by atoms with Crippen molar-refractivity contribution >= 4 is 15.9 Å². The predicted molar refractivity (Wildman–Crippen MR) is 101 cm³/mol. The standard InChI is InChI=1S/C20H23FN2O3S/c1-23(2)20(24)19-13-16(12-18(19)14-8-10-15(21)11-9-14)22-27(25,26)17-6-4-3-5-7-17/h3-11,16,18-19,22H,12-13H2,1-2H3/t16-,18+,19-/m0/s1. The maximum Gasteiger partial charge on any atom is 0.240 e. The molecule has 2 aromatic carbocycles. The summed E-state index contributed by atoms with van der Waals surface area (Å²) in [6.45, 7) is 0. The van der Waals surface area contributed by atoms with E-state index >= 15 is 0 Å². The average Bonchev–Trinajstić information content (AvgIpc) is 3.05. The fourth-order valence-electron chi connectivity index (χ4n) is 3.70. The molecule has 0 unspecified atom stereocenters. The first kappa shape index (κ1) is 19.5. The number of nitrogens with one attached hydrogen (secondary N) is 1. The molecule has 2 aromatic rings. The number of hydrogen-bond donors (Lipinski definition) is 1. The Morgan fingerprint density at radius 3 is 2.26 bits per heavy atom. The maximum atomic E-state index is 13.3. The minimum atomic E-state index is -3.66. The van der Waals surface area contributed by atoms with E-state index in [0.717, 1.165) is 5.56 Å². The van der Waals surface area contributed by atoms with Gasteiger partial charge in [-0.15, -0.1) is 0 Å². The van der Waals surface area contributed by atoms with Gasteiger partial charge in [0.2, 0.25) is 15.9 Å². The molecular formula is C20H23FN2O3S. The number of rotatable bonds is 5. The van der Waals surface area contributed by atoms with Crippen molar-refractivity contribution < 1.29 is 17.6 Å². The zero-order valence-corrected chi connectivity index (χ0v) is 16.1. The smallest absolute Gasteiger partial charge is 0.240 e. The third kappa shape index (κ3) is 4.36. The van der Waals surface area contributed by atoms with Crippen LogP contribution in [0.15, 0.2) is 59.5 Å². The number of hydrogen-bond acceptors (Lipinski definition) is 3. The van der Waals surface area contributed by atoms with Crippen LogP contribution in [0.5, 0.6) is 0 Å². The number of sulfonamides is 1. The summed E-state index contributed by atoms with van der Waals surface area (Å²) in [5.41, 5.74) is 0.845. The van der Waals surface area contributed by atoms with E-state index in [9.17, 15) is 17.6 Å². The molecule has 1 N–H and O–H groups in total. The molecular weight excluding hydrogens is 367 g/mol. The van der Waals surface area contributed by atoms with Gasteiger partial charge in [-0.1, -0.05) is 30.3 Å². The fourth-order valence-corrected chi connectivity index (χ4v) is 4.99. The van der Waals surface area contributed by atoms with E-state index < -0.39 is 10.0 Å². The SMILES string of the molecule is CN(C)C(=O)[C@H]1C[C@@H](NS(=O)(=O)c2ccccc2)C[C@@H]1c1ccc(F)cc1. The van der Waals surface area contributed by atoms with E-state index in [0.29, 0.717) is 12.8 Å². The third-order valence-corrected chi connectivity index (χ3v) is 6.53. The minimum Gasteiger partial charge on any atom is -0.349 e. The number of benzene rings is 2.